The van der Waals surface area contributed by atoms with Crippen LogP contribution in [0.15, 0.2) is 18.2 Å². The van der Waals surface area contributed by atoms with E-state index in [1.165, 1.54) is 11.3 Å². The molecule has 1 saturated heterocycles. The van der Waals surface area contributed by atoms with Crippen molar-refractivity contribution < 1.29 is 4.79 Å². The zero-order valence-corrected chi connectivity index (χ0v) is 9.66. The average molecular weight is 216 g/mol. The van der Waals surface area contributed by atoms with Gasteiger partial charge in [-0.05, 0) is 30.9 Å². The molecular formula is C13H16N2O. The predicted molar refractivity (Wildman–Crippen MR) is 64.7 cm³/mol. The number of carbonyl (C=O) groups excluding carboxylic acids is 1. The Morgan fingerprint density at radius 2 is 2.25 bits per heavy atom. The third kappa shape index (κ3) is 1.17. The number of amides is 1. The summed E-state index contributed by atoms with van der Waals surface area (Å²) in [7, 11) is 0. The van der Waals surface area contributed by atoms with E-state index in [0.29, 0.717) is 5.92 Å². The molecule has 3 rings (SSSR count). The number of hydrogen-bond acceptors (Lipinski definition) is 2. The summed E-state index contributed by atoms with van der Waals surface area (Å²) in [5.41, 5.74) is 3.43. The standard InChI is InChI=1S/C13H16N2O/c1-8-4-3-5-10-11(8)15-7-6-9(2)12(15)13(16)14-10/h3-5,9,12H,6-7H2,1-2H3,(H,14,16). The molecule has 2 unspecified atom stereocenters. The van der Waals surface area contributed by atoms with E-state index < -0.39 is 0 Å². The lowest BCUT2D eigenvalue weighted by Gasteiger charge is -2.35. The number of hydrogen-bond donors (Lipinski definition) is 1. The molecule has 1 N–H and O–H groups in total. The summed E-state index contributed by atoms with van der Waals surface area (Å²) < 4.78 is 0. The van der Waals surface area contributed by atoms with Gasteiger partial charge in [-0.15, -0.1) is 0 Å². The van der Waals surface area contributed by atoms with Crippen molar-refractivity contribution in [3.05, 3.63) is 23.8 Å². The zero-order chi connectivity index (χ0) is 11.3. The maximum absolute atomic E-state index is 12.0. The van der Waals surface area contributed by atoms with Gasteiger partial charge in [0.25, 0.3) is 0 Å². The molecule has 16 heavy (non-hydrogen) atoms. The monoisotopic (exact) mass is 216 g/mol. The Kier molecular flexibility index (Phi) is 1.96. The van der Waals surface area contributed by atoms with E-state index in [4.69, 9.17) is 0 Å². The number of nitrogens with zero attached hydrogens (tertiary/aromatic N) is 1. The van der Waals surface area contributed by atoms with Crippen LogP contribution in [0.25, 0.3) is 0 Å². The van der Waals surface area contributed by atoms with Gasteiger partial charge < -0.3 is 10.2 Å². The lowest BCUT2D eigenvalue weighted by atomic mass is 9.99. The van der Waals surface area contributed by atoms with E-state index in [2.05, 4.69) is 30.1 Å². The van der Waals surface area contributed by atoms with Gasteiger partial charge in [0.1, 0.15) is 6.04 Å². The molecule has 3 nitrogen and oxygen atoms in total. The molecule has 2 atom stereocenters. The van der Waals surface area contributed by atoms with Crippen LogP contribution in [0.1, 0.15) is 18.9 Å². The molecule has 3 heteroatoms. The number of carbonyl (C=O) groups is 1. The average Bonchev–Trinajstić information content (AvgIpc) is 2.61. The minimum Gasteiger partial charge on any atom is -0.357 e. The minimum atomic E-state index is 0.0357. The molecule has 1 aromatic carbocycles. The van der Waals surface area contributed by atoms with Crippen molar-refractivity contribution in [2.75, 3.05) is 16.8 Å². The first-order chi connectivity index (χ1) is 7.68. The lowest BCUT2D eigenvalue weighted by Crippen LogP contribution is -2.46. The Balaban J connectivity index is 2.15. The summed E-state index contributed by atoms with van der Waals surface area (Å²) in [4.78, 5) is 14.3. The molecule has 84 valence electrons. The first kappa shape index (κ1) is 9.70. The molecule has 2 aliphatic heterocycles. The normalized spacial score (nSPS) is 27.4. The first-order valence-electron chi connectivity index (χ1n) is 5.85. The third-order valence-electron chi connectivity index (χ3n) is 3.75. The fourth-order valence-corrected chi connectivity index (χ4v) is 2.95. The number of anilines is 2. The molecule has 2 aliphatic rings. The smallest absolute Gasteiger partial charge is 0.247 e. The molecule has 1 fully saturated rings. The molecule has 0 saturated carbocycles. The number of nitrogens with one attached hydrogen (secondary N) is 1. The summed E-state index contributed by atoms with van der Waals surface area (Å²) in [5, 5.41) is 3.02. The number of aryl methyl sites for hydroxylation is 1. The summed E-state index contributed by atoms with van der Waals surface area (Å²) in [6.45, 7) is 5.26. The molecule has 1 amide bonds. The second kappa shape index (κ2) is 3.24. The van der Waals surface area contributed by atoms with Crippen molar-refractivity contribution in [2.24, 2.45) is 5.92 Å². The van der Waals surface area contributed by atoms with Gasteiger partial charge in [0.15, 0.2) is 0 Å². The van der Waals surface area contributed by atoms with Gasteiger partial charge in [-0.25, -0.2) is 0 Å². The highest BCUT2D eigenvalue weighted by molar-refractivity contribution is 6.04. The van der Waals surface area contributed by atoms with Crippen molar-refractivity contribution in [3.8, 4) is 0 Å². The van der Waals surface area contributed by atoms with Crippen LogP contribution in [0.3, 0.4) is 0 Å². The van der Waals surface area contributed by atoms with E-state index in [0.717, 1.165) is 18.7 Å². The van der Waals surface area contributed by atoms with Crippen LogP contribution in [0, 0.1) is 12.8 Å². The molecule has 0 aliphatic carbocycles. The molecule has 1 aromatic rings. The summed E-state index contributed by atoms with van der Waals surface area (Å²) in [5.74, 6) is 0.607. The molecule has 0 spiro atoms. The van der Waals surface area contributed by atoms with Crippen LogP contribution in [0.4, 0.5) is 11.4 Å². The van der Waals surface area contributed by atoms with Gasteiger partial charge in [0.05, 0.1) is 11.4 Å². The Hall–Kier alpha value is -1.51. The number of benzene rings is 1. The van der Waals surface area contributed by atoms with E-state index in [1.807, 2.05) is 12.1 Å². The quantitative estimate of drug-likeness (QED) is 0.720. The fraction of sp³-hybridized carbons (Fsp3) is 0.462. The van der Waals surface area contributed by atoms with Gasteiger partial charge in [0, 0.05) is 6.54 Å². The Morgan fingerprint density at radius 3 is 3.06 bits per heavy atom. The van der Waals surface area contributed by atoms with Crippen molar-refractivity contribution in [3.63, 3.8) is 0 Å². The molecule has 0 aromatic heterocycles. The fourth-order valence-electron chi connectivity index (χ4n) is 2.95. The van der Waals surface area contributed by atoms with E-state index in [9.17, 15) is 4.79 Å². The Labute approximate surface area is 95.4 Å². The second-order valence-electron chi connectivity index (χ2n) is 4.86. The van der Waals surface area contributed by atoms with Crippen LogP contribution in [-0.4, -0.2) is 18.5 Å². The topological polar surface area (TPSA) is 32.3 Å². The minimum absolute atomic E-state index is 0.0357. The maximum atomic E-state index is 12.0. The van der Waals surface area contributed by atoms with E-state index >= 15 is 0 Å². The number of fused-ring (bicyclic) bond motifs is 3. The van der Waals surface area contributed by atoms with E-state index in [1.54, 1.807) is 0 Å². The highest BCUT2D eigenvalue weighted by atomic mass is 16.2. The highest BCUT2D eigenvalue weighted by Gasteiger charge is 2.41. The first-order valence-corrected chi connectivity index (χ1v) is 5.85. The van der Waals surface area contributed by atoms with E-state index in [-0.39, 0.29) is 11.9 Å². The molecule has 0 bridgehead atoms. The lowest BCUT2D eigenvalue weighted by molar-refractivity contribution is -0.118. The Bertz CT molecular complexity index is 455. The molecular weight excluding hydrogens is 200 g/mol. The number of rotatable bonds is 0. The largest absolute Gasteiger partial charge is 0.357 e. The van der Waals surface area contributed by atoms with Crippen LogP contribution < -0.4 is 10.2 Å². The second-order valence-corrected chi connectivity index (χ2v) is 4.86. The summed E-state index contributed by atoms with van der Waals surface area (Å²) in [6.07, 6.45) is 1.10. The van der Waals surface area contributed by atoms with Gasteiger partial charge in [-0.3, -0.25) is 4.79 Å². The zero-order valence-electron chi connectivity index (χ0n) is 9.66. The van der Waals surface area contributed by atoms with Gasteiger partial charge in [-0.1, -0.05) is 19.1 Å². The molecule has 2 heterocycles. The van der Waals surface area contributed by atoms with Crippen LogP contribution in [0.5, 0.6) is 0 Å². The van der Waals surface area contributed by atoms with Crippen molar-refractivity contribution in [1.29, 1.82) is 0 Å². The SMILES string of the molecule is Cc1cccc2c1N1CCC(C)C1C(=O)N2. The summed E-state index contributed by atoms with van der Waals surface area (Å²) >= 11 is 0. The van der Waals surface area contributed by atoms with Crippen molar-refractivity contribution in [1.82, 2.24) is 0 Å². The Morgan fingerprint density at radius 1 is 1.44 bits per heavy atom. The van der Waals surface area contributed by atoms with Crippen LogP contribution in [0.2, 0.25) is 0 Å². The van der Waals surface area contributed by atoms with Gasteiger partial charge in [-0.2, -0.15) is 0 Å². The molecule has 0 radical (unpaired) electrons. The van der Waals surface area contributed by atoms with Crippen LogP contribution >= 0.6 is 0 Å². The maximum Gasteiger partial charge on any atom is 0.247 e. The van der Waals surface area contributed by atoms with Gasteiger partial charge in [0.2, 0.25) is 5.91 Å². The number of para-hydroxylation sites is 1. The van der Waals surface area contributed by atoms with Crippen LogP contribution in [-0.2, 0) is 4.79 Å². The summed E-state index contributed by atoms with van der Waals surface area (Å²) in [6, 6.07) is 6.12. The predicted octanol–water partition coefficient (Wildman–Crippen LogP) is 2.16. The van der Waals surface area contributed by atoms with Gasteiger partial charge >= 0.3 is 0 Å². The highest BCUT2D eigenvalue weighted by Crippen LogP contribution is 2.40. The van der Waals surface area contributed by atoms with Crippen molar-refractivity contribution in [2.45, 2.75) is 26.3 Å². The third-order valence-corrected chi connectivity index (χ3v) is 3.75. The van der Waals surface area contributed by atoms with Crippen molar-refractivity contribution >= 4 is 17.3 Å².